The van der Waals surface area contributed by atoms with Crippen molar-refractivity contribution >= 4 is 27.3 Å². The maximum atomic E-state index is 5.99. The molecule has 2 N–H and O–H groups in total. The molecule has 0 spiro atoms. The van der Waals surface area contributed by atoms with E-state index in [1.807, 2.05) is 18.3 Å². The molecule has 0 fully saturated rings. The van der Waals surface area contributed by atoms with Crippen LogP contribution < -0.4 is 10.6 Å². The third kappa shape index (κ3) is 1.89. The lowest BCUT2D eigenvalue weighted by Crippen LogP contribution is -2.14. The smallest absolute Gasteiger partial charge is 0.0570 e. The molecule has 1 aromatic carbocycles. The van der Waals surface area contributed by atoms with E-state index in [1.54, 1.807) is 6.20 Å². The number of fused-ring (bicyclic) bond motifs is 1. The van der Waals surface area contributed by atoms with Crippen LogP contribution in [0.15, 0.2) is 41.1 Å². The Morgan fingerprint density at radius 1 is 1.24 bits per heavy atom. The number of nitrogens with two attached hydrogens (primary N) is 1. The van der Waals surface area contributed by atoms with E-state index in [1.165, 1.54) is 11.1 Å². The summed E-state index contributed by atoms with van der Waals surface area (Å²) in [7, 11) is 0. The second-order valence-electron chi connectivity index (χ2n) is 4.20. The average molecular weight is 290 g/mol. The van der Waals surface area contributed by atoms with E-state index in [-0.39, 0.29) is 0 Å². The van der Waals surface area contributed by atoms with Crippen LogP contribution in [0.4, 0.5) is 11.4 Å². The zero-order valence-electron chi connectivity index (χ0n) is 9.23. The molecule has 0 aliphatic carbocycles. The third-order valence-electron chi connectivity index (χ3n) is 3.08. The van der Waals surface area contributed by atoms with Gasteiger partial charge >= 0.3 is 0 Å². The molecule has 0 saturated heterocycles. The molecule has 2 aromatic rings. The van der Waals surface area contributed by atoms with Crippen LogP contribution >= 0.6 is 15.9 Å². The van der Waals surface area contributed by atoms with Crippen molar-refractivity contribution in [2.24, 2.45) is 0 Å². The molecule has 2 heterocycles. The second-order valence-corrected chi connectivity index (χ2v) is 5.12. The van der Waals surface area contributed by atoms with Gasteiger partial charge in [-0.15, -0.1) is 0 Å². The number of hydrogen-bond donors (Lipinski definition) is 1. The Balaban J connectivity index is 1.94. The first-order valence-electron chi connectivity index (χ1n) is 5.46. The van der Waals surface area contributed by atoms with Crippen molar-refractivity contribution in [2.45, 2.75) is 13.1 Å². The number of benzene rings is 1. The summed E-state index contributed by atoms with van der Waals surface area (Å²) in [5.41, 5.74) is 10.5. The molecule has 0 atom stereocenters. The lowest BCUT2D eigenvalue weighted by Gasteiger charge is -2.17. The fourth-order valence-electron chi connectivity index (χ4n) is 2.20. The largest absolute Gasteiger partial charge is 0.398 e. The Morgan fingerprint density at radius 3 is 2.88 bits per heavy atom. The number of halogens is 1. The SMILES string of the molecule is Nc1cccc2c1CN(c1cncc(Br)c1)C2. The van der Waals surface area contributed by atoms with Crippen molar-refractivity contribution < 1.29 is 0 Å². The Morgan fingerprint density at radius 2 is 2.12 bits per heavy atom. The quantitative estimate of drug-likeness (QED) is 0.821. The van der Waals surface area contributed by atoms with Gasteiger partial charge in [-0.25, -0.2) is 0 Å². The van der Waals surface area contributed by atoms with Crippen molar-refractivity contribution in [3.8, 4) is 0 Å². The number of rotatable bonds is 1. The summed E-state index contributed by atoms with van der Waals surface area (Å²) in [6.45, 7) is 1.76. The van der Waals surface area contributed by atoms with Crippen molar-refractivity contribution in [2.75, 3.05) is 10.6 Å². The molecule has 0 unspecified atom stereocenters. The predicted octanol–water partition coefficient (Wildman–Crippen LogP) is 2.95. The summed E-state index contributed by atoms with van der Waals surface area (Å²) in [4.78, 5) is 6.47. The fourth-order valence-corrected chi connectivity index (χ4v) is 2.56. The molecular weight excluding hydrogens is 278 g/mol. The molecule has 0 bridgehead atoms. The van der Waals surface area contributed by atoms with Crippen LogP contribution in [0.25, 0.3) is 0 Å². The van der Waals surface area contributed by atoms with Gasteiger partial charge in [0.25, 0.3) is 0 Å². The predicted molar refractivity (Wildman–Crippen MR) is 72.7 cm³/mol. The van der Waals surface area contributed by atoms with Crippen LogP contribution in [-0.2, 0) is 13.1 Å². The van der Waals surface area contributed by atoms with E-state index in [4.69, 9.17) is 5.73 Å². The summed E-state index contributed by atoms with van der Waals surface area (Å²) < 4.78 is 0.999. The topological polar surface area (TPSA) is 42.1 Å². The minimum Gasteiger partial charge on any atom is -0.398 e. The zero-order chi connectivity index (χ0) is 11.8. The van der Waals surface area contributed by atoms with E-state index >= 15 is 0 Å². The van der Waals surface area contributed by atoms with Gasteiger partial charge in [-0.05, 0) is 39.2 Å². The summed E-state index contributed by atoms with van der Waals surface area (Å²) in [5.74, 6) is 0. The average Bonchev–Trinajstić information content (AvgIpc) is 2.74. The zero-order valence-corrected chi connectivity index (χ0v) is 10.8. The number of anilines is 2. The third-order valence-corrected chi connectivity index (χ3v) is 3.51. The number of hydrogen-bond acceptors (Lipinski definition) is 3. The van der Waals surface area contributed by atoms with Crippen molar-refractivity contribution in [3.63, 3.8) is 0 Å². The van der Waals surface area contributed by atoms with Crippen molar-refractivity contribution in [3.05, 3.63) is 52.3 Å². The molecule has 3 rings (SSSR count). The van der Waals surface area contributed by atoms with Crippen molar-refractivity contribution in [1.82, 2.24) is 4.98 Å². The van der Waals surface area contributed by atoms with Gasteiger partial charge in [0.15, 0.2) is 0 Å². The van der Waals surface area contributed by atoms with Gasteiger partial charge in [-0.2, -0.15) is 0 Å². The fraction of sp³-hybridized carbons (Fsp3) is 0.154. The minimum atomic E-state index is 0.861. The number of pyridine rings is 1. The monoisotopic (exact) mass is 289 g/mol. The first-order valence-corrected chi connectivity index (χ1v) is 6.25. The van der Waals surface area contributed by atoms with E-state index < -0.39 is 0 Å². The summed E-state index contributed by atoms with van der Waals surface area (Å²) in [6, 6.07) is 8.19. The second kappa shape index (κ2) is 4.04. The molecule has 86 valence electrons. The molecule has 4 heteroatoms. The molecule has 0 saturated carbocycles. The number of aromatic nitrogens is 1. The molecule has 17 heavy (non-hydrogen) atoms. The van der Waals surface area contributed by atoms with Gasteiger partial charge in [0.05, 0.1) is 11.9 Å². The van der Waals surface area contributed by atoms with Crippen molar-refractivity contribution in [1.29, 1.82) is 0 Å². The van der Waals surface area contributed by atoms with Gasteiger partial charge < -0.3 is 10.6 Å². The Bertz CT molecular complexity index is 568. The first kappa shape index (κ1) is 10.6. The number of nitrogens with zero attached hydrogens (tertiary/aromatic N) is 2. The lowest BCUT2D eigenvalue weighted by atomic mass is 10.1. The van der Waals surface area contributed by atoms with E-state index in [2.05, 4.69) is 37.9 Å². The van der Waals surface area contributed by atoms with Crippen LogP contribution in [0.1, 0.15) is 11.1 Å². The first-order chi connectivity index (χ1) is 8.24. The maximum Gasteiger partial charge on any atom is 0.0570 e. The molecule has 1 aliphatic rings. The molecule has 0 amide bonds. The molecule has 0 radical (unpaired) electrons. The molecule has 1 aromatic heterocycles. The minimum absolute atomic E-state index is 0.861. The highest BCUT2D eigenvalue weighted by molar-refractivity contribution is 9.10. The van der Waals surface area contributed by atoms with Crippen LogP contribution in [0.2, 0.25) is 0 Å². The van der Waals surface area contributed by atoms with E-state index in [0.717, 1.165) is 28.9 Å². The number of nitrogen functional groups attached to an aromatic ring is 1. The van der Waals surface area contributed by atoms with E-state index in [0.29, 0.717) is 0 Å². The highest BCUT2D eigenvalue weighted by Crippen LogP contribution is 2.31. The highest BCUT2D eigenvalue weighted by Gasteiger charge is 2.21. The van der Waals surface area contributed by atoms with Gasteiger partial charge in [0, 0.05) is 29.4 Å². The van der Waals surface area contributed by atoms with Gasteiger partial charge in [-0.1, -0.05) is 12.1 Å². The summed E-state index contributed by atoms with van der Waals surface area (Å²) >= 11 is 3.44. The highest BCUT2D eigenvalue weighted by atomic mass is 79.9. The molecule has 1 aliphatic heterocycles. The molecule has 3 nitrogen and oxygen atoms in total. The summed E-state index contributed by atoms with van der Waals surface area (Å²) in [5, 5.41) is 0. The normalized spacial score (nSPS) is 13.8. The standard InChI is InChI=1S/C13H12BrN3/c14-10-4-11(6-16-5-10)17-7-9-2-1-3-13(15)12(9)8-17/h1-6H,7-8,15H2. The Kier molecular flexibility index (Phi) is 2.52. The van der Waals surface area contributed by atoms with Crippen LogP contribution in [0.3, 0.4) is 0 Å². The van der Waals surface area contributed by atoms with Crippen LogP contribution in [0.5, 0.6) is 0 Å². The van der Waals surface area contributed by atoms with Gasteiger partial charge in [0.1, 0.15) is 0 Å². The molecular formula is C13H12BrN3. The van der Waals surface area contributed by atoms with Crippen LogP contribution in [-0.4, -0.2) is 4.98 Å². The van der Waals surface area contributed by atoms with Gasteiger partial charge in [0.2, 0.25) is 0 Å². The van der Waals surface area contributed by atoms with Gasteiger partial charge in [-0.3, -0.25) is 4.98 Å². The Labute approximate surface area is 108 Å². The van der Waals surface area contributed by atoms with E-state index in [9.17, 15) is 0 Å². The summed E-state index contributed by atoms with van der Waals surface area (Å²) in [6.07, 6.45) is 3.67. The van der Waals surface area contributed by atoms with Crippen LogP contribution in [0, 0.1) is 0 Å². The lowest BCUT2D eigenvalue weighted by molar-refractivity contribution is 0.876. The Hall–Kier alpha value is -1.55. The maximum absolute atomic E-state index is 5.99.